The third kappa shape index (κ3) is 4.23. The summed E-state index contributed by atoms with van der Waals surface area (Å²) in [5.41, 5.74) is 0.726. The second-order valence-corrected chi connectivity index (χ2v) is 8.45. The molecular weight excluding hydrogens is 374 g/mol. The monoisotopic (exact) mass is 393 g/mol. The van der Waals surface area contributed by atoms with Crippen LogP contribution in [0.25, 0.3) is 0 Å². The lowest BCUT2D eigenvalue weighted by atomic mass is 10.0. The quantitative estimate of drug-likeness (QED) is 0.846. The van der Waals surface area contributed by atoms with Crippen LogP contribution in [0.1, 0.15) is 25.0 Å². The van der Waals surface area contributed by atoms with E-state index >= 15 is 0 Å². The predicted molar refractivity (Wildman–Crippen MR) is 99.1 cm³/mol. The lowest BCUT2D eigenvalue weighted by molar-refractivity contribution is -0.125. The summed E-state index contributed by atoms with van der Waals surface area (Å²) in [4.78, 5) is 17.0. The number of halogens is 1. The molecular formula is C18H20ClN3O3S. The number of hydrogen-bond donors (Lipinski definition) is 1. The Balaban J connectivity index is 1.76. The number of piperidine rings is 1. The molecule has 1 atom stereocenters. The molecule has 1 fully saturated rings. The van der Waals surface area contributed by atoms with Crippen LogP contribution in [-0.2, 0) is 21.4 Å². The van der Waals surface area contributed by atoms with Gasteiger partial charge in [-0.1, -0.05) is 24.1 Å². The van der Waals surface area contributed by atoms with E-state index in [0.717, 1.165) is 18.5 Å². The first-order valence-corrected chi connectivity index (χ1v) is 10.3. The number of nitrogens with zero attached hydrogens (tertiary/aromatic N) is 2. The summed E-state index contributed by atoms with van der Waals surface area (Å²) < 4.78 is 27.3. The minimum absolute atomic E-state index is 0.145. The van der Waals surface area contributed by atoms with E-state index in [-0.39, 0.29) is 17.3 Å². The normalized spacial score (nSPS) is 18.4. The standard InChI is InChI=1S/C18H20ClN3O3S/c19-14-7-9-16(10-8-14)26(24,25)22-12-4-2-6-17(22)18(23)21-13-15-5-1-3-11-20-15/h1,3,5,7-11,17H,2,4,6,12-13H2,(H,21,23). The van der Waals surface area contributed by atoms with Gasteiger partial charge in [0, 0.05) is 17.8 Å². The van der Waals surface area contributed by atoms with E-state index in [1.54, 1.807) is 12.3 Å². The molecule has 0 aliphatic carbocycles. The highest BCUT2D eigenvalue weighted by Crippen LogP contribution is 2.26. The highest BCUT2D eigenvalue weighted by molar-refractivity contribution is 7.89. The number of amides is 1. The smallest absolute Gasteiger partial charge is 0.243 e. The summed E-state index contributed by atoms with van der Waals surface area (Å²) in [6.45, 7) is 0.595. The Morgan fingerprint density at radius 3 is 2.65 bits per heavy atom. The fourth-order valence-electron chi connectivity index (χ4n) is 2.99. The van der Waals surface area contributed by atoms with E-state index in [0.29, 0.717) is 18.0 Å². The van der Waals surface area contributed by atoms with Crippen molar-refractivity contribution in [1.29, 1.82) is 0 Å². The molecule has 1 saturated heterocycles. The van der Waals surface area contributed by atoms with Gasteiger partial charge in [-0.3, -0.25) is 9.78 Å². The van der Waals surface area contributed by atoms with Crippen molar-refractivity contribution < 1.29 is 13.2 Å². The first kappa shape index (κ1) is 18.8. The average molecular weight is 394 g/mol. The number of pyridine rings is 1. The van der Waals surface area contributed by atoms with Gasteiger partial charge in [0.15, 0.2) is 0 Å². The van der Waals surface area contributed by atoms with Crippen molar-refractivity contribution in [2.24, 2.45) is 0 Å². The zero-order chi connectivity index (χ0) is 18.6. The first-order valence-electron chi connectivity index (χ1n) is 8.43. The van der Waals surface area contributed by atoms with Crippen LogP contribution < -0.4 is 5.32 Å². The van der Waals surface area contributed by atoms with Gasteiger partial charge < -0.3 is 5.32 Å². The number of sulfonamides is 1. The average Bonchev–Trinajstić information content (AvgIpc) is 2.67. The van der Waals surface area contributed by atoms with Crippen molar-refractivity contribution in [3.8, 4) is 0 Å². The van der Waals surface area contributed by atoms with Gasteiger partial charge in [-0.05, 0) is 49.2 Å². The Bertz CT molecular complexity index is 857. The number of carbonyl (C=O) groups excluding carboxylic acids is 1. The van der Waals surface area contributed by atoms with E-state index < -0.39 is 16.1 Å². The summed E-state index contributed by atoms with van der Waals surface area (Å²) in [5, 5.41) is 3.27. The molecule has 0 radical (unpaired) electrons. The van der Waals surface area contributed by atoms with Gasteiger partial charge >= 0.3 is 0 Å². The molecule has 1 aromatic heterocycles. The molecule has 138 valence electrons. The number of aromatic nitrogens is 1. The fourth-order valence-corrected chi connectivity index (χ4v) is 4.78. The van der Waals surface area contributed by atoms with Crippen molar-refractivity contribution in [3.05, 3.63) is 59.4 Å². The molecule has 0 saturated carbocycles. The van der Waals surface area contributed by atoms with Crippen molar-refractivity contribution in [2.45, 2.75) is 36.7 Å². The Morgan fingerprint density at radius 1 is 1.19 bits per heavy atom. The highest BCUT2D eigenvalue weighted by atomic mass is 35.5. The maximum absolute atomic E-state index is 13.0. The van der Waals surface area contributed by atoms with Crippen LogP contribution in [0.2, 0.25) is 5.02 Å². The van der Waals surface area contributed by atoms with Crippen LogP contribution in [0, 0.1) is 0 Å². The molecule has 1 N–H and O–H groups in total. The SMILES string of the molecule is O=C(NCc1ccccn1)C1CCCCN1S(=O)(=O)c1ccc(Cl)cc1. The van der Waals surface area contributed by atoms with Crippen LogP contribution in [0.3, 0.4) is 0 Å². The molecule has 3 rings (SSSR count). The number of carbonyl (C=O) groups is 1. The van der Waals surface area contributed by atoms with Gasteiger partial charge in [-0.2, -0.15) is 4.31 Å². The van der Waals surface area contributed by atoms with E-state index in [1.165, 1.54) is 28.6 Å². The fraction of sp³-hybridized carbons (Fsp3) is 0.333. The van der Waals surface area contributed by atoms with Crippen molar-refractivity contribution in [1.82, 2.24) is 14.6 Å². The van der Waals surface area contributed by atoms with Gasteiger partial charge in [0.2, 0.25) is 15.9 Å². The summed E-state index contributed by atoms with van der Waals surface area (Å²) in [5.74, 6) is -0.298. The maximum atomic E-state index is 13.0. The van der Waals surface area contributed by atoms with E-state index in [4.69, 9.17) is 11.6 Å². The number of benzene rings is 1. The second kappa shape index (κ2) is 8.16. The second-order valence-electron chi connectivity index (χ2n) is 6.12. The minimum Gasteiger partial charge on any atom is -0.349 e. The molecule has 6 nitrogen and oxygen atoms in total. The lowest BCUT2D eigenvalue weighted by Gasteiger charge is -2.33. The summed E-state index contributed by atoms with van der Waals surface area (Å²) in [6, 6.07) is 10.7. The molecule has 1 amide bonds. The molecule has 1 aliphatic rings. The molecule has 0 spiro atoms. The Labute approximate surface area is 158 Å². The lowest BCUT2D eigenvalue weighted by Crippen LogP contribution is -2.51. The van der Waals surface area contributed by atoms with Gasteiger partial charge in [0.05, 0.1) is 17.1 Å². The molecule has 26 heavy (non-hydrogen) atoms. The third-order valence-corrected chi connectivity index (χ3v) is 6.52. The predicted octanol–water partition coefficient (Wildman–Crippen LogP) is 2.59. The number of nitrogens with one attached hydrogen (secondary N) is 1. The number of hydrogen-bond acceptors (Lipinski definition) is 4. The molecule has 1 aliphatic heterocycles. The van der Waals surface area contributed by atoms with E-state index in [9.17, 15) is 13.2 Å². The maximum Gasteiger partial charge on any atom is 0.243 e. The Morgan fingerprint density at radius 2 is 1.96 bits per heavy atom. The van der Waals surface area contributed by atoms with E-state index in [1.807, 2.05) is 12.1 Å². The van der Waals surface area contributed by atoms with Crippen molar-refractivity contribution >= 4 is 27.5 Å². The van der Waals surface area contributed by atoms with E-state index in [2.05, 4.69) is 10.3 Å². The third-order valence-electron chi connectivity index (χ3n) is 4.35. The number of rotatable bonds is 5. The molecule has 2 heterocycles. The highest BCUT2D eigenvalue weighted by Gasteiger charge is 2.37. The summed E-state index contributed by atoms with van der Waals surface area (Å²) >= 11 is 5.85. The molecule has 0 bridgehead atoms. The molecule has 1 aromatic carbocycles. The minimum atomic E-state index is -3.76. The zero-order valence-corrected chi connectivity index (χ0v) is 15.7. The van der Waals surface area contributed by atoms with Crippen LogP contribution in [-0.4, -0.2) is 36.2 Å². The topological polar surface area (TPSA) is 79.4 Å². The Hall–Kier alpha value is -1.96. The summed E-state index contributed by atoms with van der Waals surface area (Å²) in [7, 11) is -3.76. The molecule has 1 unspecified atom stereocenters. The van der Waals surface area contributed by atoms with Crippen molar-refractivity contribution in [2.75, 3.05) is 6.54 Å². The van der Waals surface area contributed by atoms with Gasteiger partial charge in [0.1, 0.15) is 6.04 Å². The van der Waals surface area contributed by atoms with Crippen LogP contribution in [0.4, 0.5) is 0 Å². The van der Waals surface area contributed by atoms with Gasteiger partial charge in [0.25, 0.3) is 0 Å². The van der Waals surface area contributed by atoms with Crippen LogP contribution in [0.5, 0.6) is 0 Å². The van der Waals surface area contributed by atoms with Crippen LogP contribution >= 0.6 is 11.6 Å². The zero-order valence-electron chi connectivity index (χ0n) is 14.1. The largest absolute Gasteiger partial charge is 0.349 e. The Kier molecular flexibility index (Phi) is 5.90. The van der Waals surface area contributed by atoms with Crippen LogP contribution in [0.15, 0.2) is 53.6 Å². The van der Waals surface area contributed by atoms with Gasteiger partial charge in [-0.25, -0.2) is 8.42 Å². The van der Waals surface area contributed by atoms with Crippen molar-refractivity contribution in [3.63, 3.8) is 0 Å². The van der Waals surface area contributed by atoms with Gasteiger partial charge in [-0.15, -0.1) is 0 Å². The molecule has 8 heteroatoms. The summed E-state index contributed by atoms with van der Waals surface area (Å²) in [6.07, 6.45) is 3.70. The first-order chi connectivity index (χ1) is 12.5. The molecule has 2 aromatic rings.